The van der Waals surface area contributed by atoms with E-state index in [4.69, 9.17) is 4.74 Å². The molecule has 130 valence electrons. The van der Waals surface area contributed by atoms with Gasteiger partial charge in [-0.05, 0) is 52.2 Å². The highest BCUT2D eigenvalue weighted by molar-refractivity contribution is 5.74. The van der Waals surface area contributed by atoms with E-state index in [-0.39, 0.29) is 17.8 Å². The van der Waals surface area contributed by atoms with Crippen LogP contribution in [0.2, 0.25) is 0 Å². The first-order valence-electron chi connectivity index (χ1n) is 8.30. The van der Waals surface area contributed by atoms with Crippen molar-refractivity contribution < 1.29 is 9.53 Å². The van der Waals surface area contributed by atoms with E-state index in [0.29, 0.717) is 31.6 Å². The van der Waals surface area contributed by atoms with E-state index in [1.54, 1.807) is 15.7 Å². The summed E-state index contributed by atoms with van der Waals surface area (Å²) < 4.78 is 7.14. The number of amides is 1. The molecule has 1 aliphatic heterocycles. The lowest BCUT2D eigenvalue weighted by molar-refractivity contribution is 0.0189. The number of aryl methyl sites for hydroxylation is 1. The monoisotopic (exact) mass is 332 g/mol. The molecular weight excluding hydrogens is 308 g/mol. The molecule has 1 saturated heterocycles. The van der Waals surface area contributed by atoms with Gasteiger partial charge in [0.1, 0.15) is 5.60 Å². The van der Waals surface area contributed by atoms with Crippen LogP contribution in [0.5, 0.6) is 0 Å². The van der Waals surface area contributed by atoms with Gasteiger partial charge in [0.25, 0.3) is 0 Å². The van der Waals surface area contributed by atoms with Crippen LogP contribution in [-0.4, -0.2) is 44.2 Å². The van der Waals surface area contributed by atoms with Crippen LogP contribution in [0, 0.1) is 6.92 Å². The number of hydrogen-bond acceptors (Lipinski definition) is 4. The lowest BCUT2D eigenvalue weighted by Gasteiger charge is -2.33. The quantitative estimate of drug-likeness (QED) is 0.870. The van der Waals surface area contributed by atoms with Crippen molar-refractivity contribution in [3.8, 4) is 0 Å². The molecule has 0 bridgehead atoms. The molecule has 1 N–H and O–H groups in total. The van der Waals surface area contributed by atoms with E-state index in [1.807, 2.05) is 33.8 Å². The van der Waals surface area contributed by atoms with E-state index >= 15 is 0 Å². The van der Waals surface area contributed by atoms with Crippen LogP contribution in [0.4, 0.5) is 4.79 Å². The van der Waals surface area contributed by atoms with Gasteiger partial charge in [-0.25, -0.2) is 14.6 Å². The maximum absolute atomic E-state index is 12.4. The fourth-order valence-corrected chi connectivity index (χ4v) is 3.12. The third kappa shape index (κ3) is 3.16. The van der Waals surface area contributed by atoms with Crippen LogP contribution in [0.25, 0.3) is 11.2 Å². The predicted molar refractivity (Wildman–Crippen MR) is 91.2 cm³/mol. The van der Waals surface area contributed by atoms with Crippen LogP contribution in [0.3, 0.4) is 0 Å². The average molecular weight is 332 g/mol. The molecule has 3 rings (SSSR count). The number of fused-ring (bicyclic) bond motifs is 1. The van der Waals surface area contributed by atoms with Crippen molar-refractivity contribution in [2.24, 2.45) is 0 Å². The van der Waals surface area contributed by atoms with Gasteiger partial charge in [-0.1, -0.05) is 0 Å². The highest BCUT2D eigenvalue weighted by Gasteiger charge is 2.29. The van der Waals surface area contributed by atoms with Crippen molar-refractivity contribution in [2.45, 2.75) is 52.2 Å². The zero-order valence-electron chi connectivity index (χ0n) is 14.6. The van der Waals surface area contributed by atoms with Crippen molar-refractivity contribution in [3.05, 3.63) is 28.3 Å². The number of aromatic nitrogens is 3. The van der Waals surface area contributed by atoms with Gasteiger partial charge in [0.05, 0.1) is 5.52 Å². The smallest absolute Gasteiger partial charge is 0.410 e. The minimum Gasteiger partial charge on any atom is -0.444 e. The van der Waals surface area contributed by atoms with Crippen molar-refractivity contribution in [2.75, 3.05) is 13.1 Å². The van der Waals surface area contributed by atoms with Crippen molar-refractivity contribution >= 4 is 17.3 Å². The van der Waals surface area contributed by atoms with Gasteiger partial charge in [-0.15, -0.1) is 0 Å². The van der Waals surface area contributed by atoms with Gasteiger partial charge >= 0.3 is 11.8 Å². The second-order valence-electron chi connectivity index (χ2n) is 7.33. The van der Waals surface area contributed by atoms with E-state index in [0.717, 1.165) is 11.1 Å². The zero-order chi connectivity index (χ0) is 17.5. The molecule has 0 radical (unpaired) electrons. The Morgan fingerprint density at radius 3 is 2.62 bits per heavy atom. The average Bonchev–Trinajstić information content (AvgIpc) is 2.83. The molecule has 3 heterocycles. The number of piperidine rings is 1. The highest BCUT2D eigenvalue weighted by atomic mass is 16.6. The van der Waals surface area contributed by atoms with Gasteiger partial charge in [0, 0.05) is 25.3 Å². The topological polar surface area (TPSA) is 80.2 Å². The van der Waals surface area contributed by atoms with Gasteiger partial charge in [-0.3, -0.25) is 4.57 Å². The van der Waals surface area contributed by atoms with E-state index < -0.39 is 5.60 Å². The third-order valence-corrected chi connectivity index (χ3v) is 4.30. The highest BCUT2D eigenvalue weighted by Crippen LogP contribution is 2.25. The zero-order valence-corrected chi connectivity index (χ0v) is 14.6. The largest absolute Gasteiger partial charge is 0.444 e. The Hall–Kier alpha value is -2.31. The first-order chi connectivity index (χ1) is 11.3. The molecular formula is C17H24N4O3. The van der Waals surface area contributed by atoms with Crippen LogP contribution < -0.4 is 5.69 Å². The lowest BCUT2D eigenvalue weighted by Crippen LogP contribution is -2.43. The second-order valence-corrected chi connectivity index (χ2v) is 7.33. The maximum Gasteiger partial charge on any atom is 0.410 e. The number of imidazole rings is 1. The van der Waals surface area contributed by atoms with Crippen molar-refractivity contribution in [3.63, 3.8) is 0 Å². The van der Waals surface area contributed by atoms with Crippen LogP contribution in [-0.2, 0) is 4.74 Å². The molecule has 0 aromatic carbocycles. The molecule has 2 aromatic heterocycles. The Morgan fingerprint density at radius 2 is 2.00 bits per heavy atom. The van der Waals surface area contributed by atoms with Gasteiger partial charge in [0.15, 0.2) is 5.65 Å². The minimum atomic E-state index is -0.497. The maximum atomic E-state index is 12.4. The summed E-state index contributed by atoms with van der Waals surface area (Å²) in [6, 6.07) is 1.92. The number of carbonyl (C=O) groups is 1. The number of ether oxygens (including phenoxy) is 1. The Labute approximate surface area is 140 Å². The lowest BCUT2D eigenvalue weighted by atomic mass is 10.1. The van der Waals surface area contributed by atoms with Gasteiger partial charge < -0.3 is 14.6 Å². The molecule has 7 heteroatoms. The number of hydrogen-bond donors (Lipinski definition) is 1. The Morgan fingerprint density at radius 1 is 1.33 bits per heavy atom. The molecule has 7 nitrogen and oxygen atoms in total. The number of aromatic amines is 1. The molecule has 24 heavy (non-hydrogen) atoms. The standard InChI is InChI=1S/C17H24N4O3/c1-11-5-8-18-14-13(11)19-15(22)21(14)12-6-9-20(10-7-12)16(23)24-17(2,3)4/h5,8,12H,6-7,9-10H2,1-4H3,(H,19,22). The Bertz CT molecular complexity index is 807. The summed E-state index contributed by atoms with van der Waals surface area (Å²) in [5, 5.41) is 0. The van der Waals surface area contributed by atoms with Crippen LogP contribution in [0.1, 0.15) is 45.2 Å². The first kappa shape index (κ1) is 16.5. The second kappa shape index (κ2) is 5.96. The van der Waals surface area contributed by atoms with E-state index in [1.165, 1.54) is 0 Å². The molecule has 0 atom stereocenters. The molecule has 0 spiro atoms. The molecule has 1 aliphatic rings. The van der Waals surface area contributed by atoms with E-state index in [2.05, 4.69) is 9.97 Å². The minimum absolute atomic E-state index is 0.0410. The fourth-order valence-electron chi connectivity index (χ4n) is 3.12. The van der Waals surface area contributed by atoms with E-state index in [9.17, 15) is 9.59 Å². The number of H-pyrrole nitrogens is 1. The molecule has 1 amide bonds. The summed E-state index contributed by atoms with van der Waals surface area (Å²) in [5.74, 6) is 0. The molecule has 0 unspecified atom stereocenters. The SMILES string of the molecule is Cc1ccnc2c1[nH]c(=O)n2C1CCN(C(=O)OC(C)(C)C)CC1. The number of carbonyl (C=O) groups excluding carboxylic acids is 1. The van der Waals surface area contributed by atoms with Crippen LogP contribution >= 0.6 is 0 Å². The van der Waals surface area contributed by atoms with Gasteiger partial charge in [-0.2, -0.15) is 0 Å². The van der Waals surface area contributed by atoms with Gasteiger partial charge in [0.2, 0.25) is 0 Å². The first-order valence-corrected chi connectivity index (χ1v) is 8.30. The molecule has 1 fully saturated rings. The fraction of sp³-hybridized carbons (Fsp3) is 0.588. The molecule has 0 saturated carbocycles. The summed E-state index contributed by atoms with van der Waals surface area (Å²) in [6.45, 7) is 8.68. The van der Waals surface area contributed by atoms with Crippen LogP contribution in [0.15, 0.2) is 17.1 Å². The third-order valence-electron chi connectivity index (χ3n) is 4.30. The predicted octanol–water partition coefficient (Wildman–Crippen LogP) is 2.61. The summed E-state index contributed by atoms with van der Waals surface area (Å²) in [5.41, 5.74) is 1.85. The summed E-state index contributed by atoms with van der Waals surface area (Å²) >= 11 is 0. The summed E-state index contributed by atoms with van der Waals surface area (Å²) in [7, 11) is 0. The summed E-state index contributed by atoms with van der Waals surface area (Å²) in [4.78, 5) is 33.5. The molecule has 2 aromatic rings. The van der Waals surface area contributed by atoms with Crippen molar-refractivity contribution in [1.29, 1.82) is 0 Å². The number of pyridine rings is 1. The number of rotatable bonds is 1. The Kier molecular flexibility index (Phi) is 4.11. The Balaban J connectivity index is 1.76. The van der Waals surface area contributed by atoms with Crippen molar-refractivity contribution in [1.82, 2.24) is 19.4 Å². The number of likely N-dealkylation sites (tertiary alicyclic amines) is 1. The number of nitrogens with one attached hydrogen (secondary N) is 1. The molecule has 0 aliphatic carbocycles. The summed E-state index contributed by atoms with van der Waals surface area (Å²) in [6.07, 6.45) is 2.85. The normalized spacial score (nSPS) is 16.6. The number of nitrogens with zero attached hydrogens (tertiary/aromatic N) is 3.